The maximum Gasteiger partial charge on any atom is 0.328 e. The zero-order valence-electron chi connectivity index (χ0n) is 11.7. The molecule has 0 aromatic heterocycles. The third-order valence-electron chi connectivity index (χ3n) is 2.68. The van der Waals surface area contributed by atoms with Gasteiger partial charge in [-0.3, -0.25) is 10.1 Å². The van der Waals surface area contributed by atoms with E-state index < -0.39 is 10.9 Å². The lowest BCUT2D eigenvalue weighted by atomic mass is 10.1. The Bertz CT molecular complexity index is 538. The van der Waals surface area contributed by atoms with Gasteiger partial charge in [0, 0.05) is 43.1 Å². The predicted molar refractivity (Wildman–Crippen MR) is 77.9 cm³/mol. The molecule has 6 heteroatoms. The maximum absolute atomic E-state index is 10.8. The molecule has 0 aliphatic rings. The number of nitro benzene ring substituents is 1. The molecule has 1 aromatic rings. The smallest absolute Gasteiger partial charge is 0.328 e. The summed E-state index contributed by atoms with van der Waals surface area (Å²) in [5, 5.41) is 19.5. The highest BCUT2D eigenvalue weighted by atomic mass is 16.6. The minimum absolute atomic E-state index is 0.0586. The molecule has 0 heterocycles. The summed E-state index contributed by atoms with van der Waals surface area (Å²) in [7, 11) is 1.87. The Hall–Kier alpha value is -2.37. The van der Waals surface area contributed by atoms with Crippen LogP contribution in [0.25, 0.3) is 6.08 Å². The van der Waals surface area contributed by atoms with Gasteiger partial charge in [-0.2, -0.15) is 0 Å². The Labute approximate surface area is 117 Å². The van der Waals surface area contributed by atoms with Gasteiger partial charge in [-0.25, -0.2) is 4.79 Å². The molecule has 0 unspecified atom stereocenters. The van der Waals surface area contributed by atoms with Crippen LogP contribution in [-0.2, 0) is 4.79 Å². The van der Waals surface area contributed by atoms with Crippen LogP contribution in [-0.4, -0.2) is 29.6 Å². The summed E-state index contributed by atoms with van der Waals surface area (Å²) < 4.78 is 0. The van der Waals surface area contributed by atoms with E-state index in [1.807, 2.05) is 11.9 Å². The zero-order chi connectivity index (χ0) is 15.3. The van der Waals surface area contributed by atoms with E-state index in [-0.39, 0.29) is 5.69 Å². The fourth-order valence-electron chi connectivity index (χ4n) is 1.94. The van der Waals surface area contributed by atoms with Gasteiger partial charge >= 0.3 is 5.97 Å². The fourth-order valence-corrected chi connectivity index (χ4v) is 1.94. The van der Waals surface area contributed by atoms with Gasteiger partial charge in [0.1, 0.15) is 0 Å². The lowest BCUT2D eigenvalue weighted by Gasteiger charge is -2.23. The van der Waals surface area contributed by atoms with E-state index in [4.69, 9.17) is 5.11 Å². The number of hydrogen-bond donors (Lipinski definition) is 1. The van der Waals surface area contributed by atoms with Crippen molar-refractivity contribution in [2.75, 3.05) is 18.5 Å². The average Bonchev–Trinajstić information content (AvgIpc) is 2.34. The summed E-state index contributed by atoms with van der Waals surface area (Å²) in [4.78, 5) is 22.9. The van der Waals surface area contributed by atoms with Crippen LogP contribution >= 0.6 is 0 Å². The fraction of sp³-hybridized carbons (Fsp3) is 0.357. The Morgan fingerprint density at radius 1 is 1.50 bits per heavy atom. The van der Waals surface area contributed by atoms with Crippen molar-refractivity contribution in [3.63, 3.8) is 0 Å². The van der Waals surface area contributed by atoms with Crippen LogP contribution in [0.4, 0.5) is 11.4 Å². The molecule has 0 aliphatic carbocycles. The van der Waals surface area contributed by atoms with Crippen molar-refractivity contribution >= 4 is 23.4 Å². The summed E-state index contributed by atoms with van der Waals surface area (Å²) >= 11 is 0. The summed E-state index contributed by atoms with van der Waals surface area (Å²) in [5.41, 5.74) is 1.23. The zero-order valence-corrected chi connectivity index (χ0v) is 11.7. The van der Waals surface area contributed by atoms with Gasteiger partial charge in [-0.1, -0.05) is 13.8 Å². The monoisotopic (exact) mass is 278 g/mol. The number of nitro groups is 1. The van der Waals surface area contributed by atoms with E-state index in [0.29, 0.717) is 11.5 Å². The largest absolute Gasteiger partial charge is 0.478 e. The SMILES string of the molecule is CC(C)CN(C)c1ccc([N+](=O)[O-])cc1/C=C/C(=O)O. The second-order valence-corrected chi connectivity index (χ2v) is 4.95. The summed E-state index contributed by atoms with van der Waals surface area (Å²) in [5.74, 6) is -0.666. The number of hydrogen-bond acceptors (Lipinski definition) is 4. The molecule has 108 valence electrons. The van der Waals surface area contributed by atoms with Crippen molar-refractivity contribution in [3.05, 3.63) is 40.0 Å². The van der Waals surface area contributed by atoms with Gasteiger partial charge in [-0.05, 0) is 18.1 Å². The molecule has 0 spiro atoms. The molecule has 0 radical (unpaired) electrons. The molecule has 1 aromatic carbocycles. The first-order valence-corrected chi connectivity index (χ1v) is 6.22. The van der Waals surface area contributed by atoms with E-state index in [1.165, 1.54) is 18.2 Å². The highest BCUT2D eigenvalue weighted by molar-refractivity contribution is 5.87. The normalized spacial score (nSPS) is 11.0. The highest BCUT2D eigenvalue weighted by Gasteiger charge is 2.13. The van der Waals surface area contributed by atoms with Crippen LogP contribution in [0.5, 0.6) is 0 Å². The van der Waals surface area contributed by atoms with Crippen LogP contribution in [0, 0.1) is 16.0 Å². The van der Waals surface area contributed by atoms with Crippen molar-refractivity contribution in [1.82, 2.24) is 0 Å². The van der Waals surface area contributed by atoms with Crippen molar-refractivity contribution in [1.29, 1.82) is 0 Å². The van der Waals surface area contributed by atoms with Crippen molar-refractivity contribution in [3.8, 4) is 0 Å². The first kappa shape index (κ1) is 15.7. The number of non-ortho nitro benzene ring substituents is 1. The molecule has 0 saturated heterocycles. The van der Waals surface area contributed by atoms with Crippen LogP contribution in [0.1, 0.15) is 19.4 Å². The number of benzene rings is 1. The number of aliphatic carboxylic acids is 1. The topological polar surface area (TPSA) is 83.7 Å². The quantitative estimate of drug-likeness (QED) is 0.491. The molecule has 0 aliphatic heterocycles. The van der Waals surface area contributed by atoms with Crippen LogP contribution in [0.3, 0.4) is 0 Å². The summed E-state index contributed by atoms with van der Waals surface area (Å²) in [6.07, 6.45) is 2.35. The second-order valence-electron chi connectivity index (χ2n) is 4.95. The number of carbonyl (C=O) groups is 1. The van der Waals surface area contributed by atoms with Crippen LogP contribution in [0.15, 0.2) is 24.3 Å². The molecule has 1 N–H and O–H groups in total. The molecule has 6 nitrogen and oxygen atoms in total. The molecule has 0 atom stereocenters. The Morgan fingerprint density at radius 2 is 2.15 bits per heavy atom. The molecular weight excluding hydrogens is 260 g/mol. The van der Waals surface area contributed by atoms with Crippen molar-refractivity contribution in [2.45, 2.75) is 13.8 Å². The molecule has 0 saturated carbocycles. The lowest BCUT2D eigenvalue weighted by Crippen LogP contribution is -2.23. The van der Waals surface area contributed by atoms with E-state index in [0.717, 1.165) is 18.3 Å². The molecule has 0 fully saturated rings. The molecule has 1 rings (SSSR count). The van der Waals surface area contributed by atoms with E-state index >= 15 is 0 Å². The van der Waals surface area contributed by atoms with Gasteiger partial charge in [0.25, 0.3) is 5.69 Å². The van der Waals surface area contributed by atoms with Crippen LogP contribution < -0.4 is 4.90 Å². The minimum atomic E-state index is -1.09. The first-order chi connectivity index (χ1) is 9.31. The van der Waals surface area contributed by atoms with Gasteiger partial charge in [0.2, 0.25) is 0 Å². The number of carboxylic acid groups (broad SMARTS) is 1. The standard InChI is InChI=1S/C14H18N2O4/c1-10(2)9-15(3)13-6-5-12(16(19)20)8-11(13)4-7-14(17)18/h4-8,10H,9H2,1-3H3,(H,17,18)/b7-4+. The molecule has 0 bridgehead atoms. The molecule has 20 heavy (non-hydrogen) atoms. The number of nitrogens with zero attached hydrogens (tertiary/aromatic N) is 2. The Balaban J connectivity index is 3.21. The van der Waals surface area contributed by atoms with Gasteiger partial charge in [-0.15, -0.1) is 0 Å². The number of anilines is 1. The van der Waals surface area contributed by atoms with Crippen LogP contribution in [0.2, 0.25) is 0 Å². The Kier molecular flexibility index (Phi) is 5.25. The number of rotatable bonds is 6. The lowest BCUT2D eigenvalue weighted by molar-refractivity contribution is -0.384. The second kappa shape index (κ2) is 6.70. The third kappa shape index (κ3) is 4.38. The molecular formula is C14H18N2O4. The van der Waals surface area contributed by atoms with E-state index in [2.05, 4.69) is 13.8 Å². The average molecular weight is 278 g/mol. The van der Waals surface area contributed by atoms with E-state index in [1.54, 1.807) is 6.07 Å². The van der Waals surface area contributed by atoms with Crippen molar-refractivity contribution in [2.24, 2.45) is 5.92 Å². The molecule has 0 amide bonds. The Morgan fingerprint density at radius 3 is 2.65 bits per heavy atom. The third-order valence-corrected chi connectivity index (χ3v) is 2.68. The van der Waals surface area contributed by atoms with Gasteiger partial charge in [0.15, 0.2) is 0 Å². The van der Waals surface area contributed by atoms with Gasteiger partial charge in [0.05, 0.1) is 4.92 Å². The summed E-state index contributed by atoms with van der Waals surface area (Å²) in [6.45, 7) is 4.90. The van der Waals surface area contributed by atoms with Crippen molar-refractivity contribution < 1.29 is 14.8 Å². The van der Waals surface area contributed by atoms with E-state index in [9.17, 15) is 14.9 Å². The summed E-state index contributed by atoms with van der Waals surface area (Å²) in [6, 6.07) is 4.44. The highest BCUT2D eigenvalue weighted by Crippen LogP contribution is 2.26. The minimum Gasteiger partial charge on any atom is -0.478 e. The predicted octanol–water partition coefficient (Wildman–Crippen LogP) is 2.78. The number of carboxylic acids is 1. The first-order valence-electron chi connectivity index (χ1n) is 6.22. The van der Waals surface area contributed by atoms with Gasteiger partial charge < -0.3 is 10.0 Å². The maximum atomic E-state index is 10.8.